The molecular formula is C22H28N4O3. The number of carbonyl (C=O) groups is 3. The van der Waals surface area contributed by atoms with Gasteiger partial charge in [-0.1, -0.05) is 12.1 Å². The largest absolute Gasteiger partial charge is 0.322 e. The van der Waals surface area contributed by atoms with Crippen LogP contribution in [0.3, 0.4) is 0 Å². The molecule has 1 aliphatic carbocycles. The van der Waals surface area contributed by atoms with E-state index in [1.807, 2.05) is 12.1 Å². The quantitative estimate of drug-likeness (QED) is 0.666. The molecule has 2 atom stereocenters. The van der Waals surface area contributed by atoms with Crippen LogP contribution in [0.15, 0.2) is 18.2 Å². The summed E-state index contributed by atoms with van der Waals surface area (Å²) in [5.74, 6) is -0.732. The lowest BCUT2D eigenvalue weighted by Crippen LogP contribution is -2.59. The van der Waals surface area contributed by atoms with E-state index in [0.717, 1.165) is 25.1 Å². The predicted octanol–water partition coefficient (Wildman–Crippen LogP) is 1.21. The van der Waals surface area contributed by atoms with Crippen molar-refractivity contribution in [3.63, 3.8) is 0 Å². The number of hydrogen-bond acceptors (Lipinski definition) is 5. The zero-order valence-electron chi connectivity index (χ0n) is 16.6. The van der Waals surface area contributed by atoms with Gasteiger partial charge in [0.05, 0.1) is 0 Å². The highest BCUT2D eigenvalue weighted by Gasteiger charge is 2.41. The summed E-state index contributed by atoms with van der Waals surface area (Å²) in [7, 11) is 0. The number of nitrogens with zero attached hydrogens (tertiary/aromatic N) is 1. The van der Waals surface area contributed by atoms with Gasteiger partial charge in [0.1, 0.15) is 6.04 Å². The van der Waals surface area contributed by atoms with Gasteiger partial charge in [0.2, 0.25) is 11.8 Å². The third-order valence-electron chi connectivity index (χ3n) is 7.12. The molecule has 1 saturated carbocycles. The molecule has 154 valence electrons. The van der Waals surface area contributed by atoms with Gasteiger partial charge in [0, 0.05) is 36.7 Å². The number of piperidine rings is 2. The van der Waals surface area contributed by atoms with Crippen molar-refractivity contribution in [1.82, 2.24) is 20.9 Å². The standard InChI is InChI=1S/C22H28N4O3/c27-19-5-4-18(20(28)25-19)26-13-15-10-14(2-3-17(15)21(26)29)12-23-16-6-9-24-22(11-16)7-1-8-22/h2-3,10,16,18,23-24H,1,4-9,11-13H2,(H,25,27,28). The molecule has 3 aliphatic heterocycles. The monoisotopic (exact) mass is 396 g/mol. The summed E-state index contributed by atoms with van der Waals surface area (Å²) >= 11 is 0. The van der Waals surface area contributed by atoms with Crippen LogP contribution in [0.2, 0.25) is 0 Å². The fraction of sp³-hybridized carbons (Fsp3) is 0.591. The lowest BCUT2D eigenvalue weighted by molar-refractivity contribution is -0.136. The lowest BCUT2D eigenvalue weighted by atomic mass is 9.70. The molecule has 1 aromatic rings. The maximum atomic E-state index is 12.8. The fourth-order valence-electron chi connectivity index (χ4n) is 5.32. The molecule has 1 spiro atoms. The average Bonchev–Trinajstić information content (AvgIpc) is 3.01. The van der Waals surface area contributed by atoms with Crippen LogP contribution in [0, 0.1) is 0 Å². The van der Waals surface area contributed by atoms with Crippen LogP contribution >= 0.6 is 0 Å². The molecule has 2 unspecified atom stereocenters. The predicted molar refractivity (Wildman–Crippen MR) is 107 cm³/mol. The van der Waals surface area contributed by atoms with Crippen molar-refractivity contribution in [3.05, 3.63) is 34.9 Å². The van der Waals surface area contributed by atoms with Gasteiger partial charge in [0.15, 0.2) is 0 Å². The van der Waals surface area contributed by atoms with Crippen molar-refractivity contribution in [2.75, 3.05) is 6.54 Å². The number of nitrogens with one attached hydrogen (secondary N) is 3. The molecule has 29 heavy (non-hydrogen) atoms. The summed E-state index contributed by atoms with van der Waals surface area (Å²) in [6.07, 6.45) is 6.95. The van der Waals surface area contributed by atoms with Crippen LogP contribution < -0.4 is 16.0 Å². The van der Waals surface area contributed by atoms with Gasteiger partial charge in [-0.15, -0.1) is 0 Å². The van der Waals surface area contributed by atoms with E-state index in [4.69, 9.17) is 0 Å². The Kier molecular flexibility index (Phi) is 4.67. The molecule has 7 nitrogen and oxygen atoms in total. The topological polar surface area (TPSA) is 90.5 Å². The molecule has 0 aromatic heterocycles. The maximum Gasteiger partial charge on any atom is 0.255 e. The summed E-state index contributed by atoms with van der Waals surface area (Å²) < 4.78 is 0. The Morgan fingerprint density at radius 2 is 2.03 bits per heavy atom. The van der Waals surface area contributed by atoms with Gasteiger partial charge in [0.25, 0.3) is 5.91 Å². The van der Waals surface area contributed by atoms with Gasteiger partial charge in [-0.25, -0.2) is 0 Å². The Labute approximate surface area is 170 Å². The summed E-state index contributed by atoms with van der Waals surface area (Å²) in [6, 6.07) is 5.97. The minimum atomic E-state index is -0.553. The number of hydrogen-bond donors (Lipinski definition) is 3. The maximum absolute atomic E-state index is 12.8. The normalized spacial score (nSPS) is 28.3. The lowest BCUT2D eigenvalue weighted by Gasteiger charge is -2.48. The number of rotatable bonds is 4. The van der Waals surface area contributed by atoms with E-state index >= 15 is 0 Å². The highest BCUT2D eigenvalue weighted by molar-refractivity contribution is 6.05. The van der Waals surface area contributed by atoms with Crippen LogP contribution in [-0.4, -0.2) is 46.8 Å². The molecule has 0 radical (unpaired) electrons. The summed E-state index contributed by atoms with van der Waals surface area (Å²) in [6.45, 7) is 2.31. The zero-order valence-corrected chi connectivity index (χ0v) is 16.6. The second-order valence-corrected chi connectivity index (χ2v) is 9.02. The SMILES string of the molecule is O=C1CCC(N2Cc3cc(CNC4CCNC5(CCC5)C4)ccc3C2=O)C(=O)N1. The smallest absolute Gasteiger partial charge is 0.255 e. The zero-order chi connectivity index (χ0) is 20.0. The molecule has 7 heteroatoms. The Balaban J connectivity index is 1.23. The number of amides is 3. The van der Waals surface area contributed by atoms with E-state index in [9.17, 15) is 14.4 Å². The van der Waals surface area contributed by atoms with Crippen molar-refractivity contribution in [1.29, 1.82) is 0 Å². The Morgan fingerprint density at radius 3 is 2.79 bits per heavy atom. The number of benzene rings is 1. The number of fused-ring (bicyclic) bond motifs is 1. The van der Waals surface area contributed by atoms with E-state index < -0.39 is 6.04 Å². The van der Waals surface area contributed by atoms with Crippen LogP contribution in [0.4, 0.5) is 0 Å². The Morgan fingerprint density at radius 1 is 1.17 bits per heavy atom. The van der Waals surface area contributed by atoms with Crippen molar-refractivity contribution in [2.24, 2.45) is 0 Å². The van der Waals surface area contributed by atoms with E-state index in [1.54, 1.807) is 4.90 Å². The minimum absolute atomic E-state index is 0.112. The highest BCUT2D eigenvalue weighted by Crippen LogP contribution is 2.38. The third-order valence-corrected chi connectivity index (χ3v) is 7.12. The van der Waals surface area contributed by atoms with Crippen molar-refractivity contribution in [3.8, 4) is 0 Å². The number of imide groups is 1. The molecule has 0 bridgehead atoms. The van der Waals surface area contributed by atoms with E-state index in [0.29, 0.717) is 30.1 Å². The van der Waals surface area contributed by atoms with Crippen LogP contribution in [0.1, 0.15) is 66.4 Å². The van der Waals surface area contributed by atoms with E-state index in [1.165, 1.54) is 31.2 Å². The second kappa shape index (κ2) is 7.22. The van der Waals surface area contributed by atoms with Gasteiger partial charge in [-0.05, 0) is 62.3 Å². The average molecular weight is 396 g/mol. The Hall–Kier alpha value is -2.25. The second-order valence-electron chi connectivity index (χ2n) is 9.02. The van der Waals surface area contributed by atoms with Crippen molar-refractivity contribution >= 4 is 17.7 Å². The van der Waals surface area contributed by atoms with Crippen LogP contribution in [0.5, 0.6) is 0 Å². The first-order valence-electron chi connectivity index (χ1n) is 10.8. The molecular weight excluding hydrogens is 368 g/mol. The van der Waals surface area contributed by atoms with Crippen molar-refractivity contribution in [2.45, 2.75) is 75.7 Å². The van der Waals surface area contributed by atoms with E-state index in [-0.39, 0.29) is 24.1 Å². The number of carbonyl (C=O) groups excluding carboxylic acids is 3. The molecule has 1 aromatic carbocycles. The molecule has 5 rings (SSSR count). The molecule has 3 fully saturated rings. The first kappa shape index (κ1) is 18.8. The summed E-state index contributed by atoms with van der Waals surface area (Å²) in [5.41, 5.74) is 3.19. The van der Waals surface area contributed by atoms with E-state index in [2.05, 4.69) is 22.0 Å². The molecule has 3 heterocycles. The van der Waals surface area contributed by atoms with Gasteiger partial charge < -0.3 is 15.5 Å². The summed E-state index contributed by atoms with van der Waals surface area (Å²) in [4.78, 5) is 38.0. The van der Waals surface area contributed by atoms with Crippen LogP contribution in [0.25, 0.3) is 0 Å². The molecule has 4 aliphatic rings. The van der Waals surface area contributed by atoms with Gasteiger partial charge in [-0.3, -0.25) is 19.7 Å². The van der Waals surface area contributed by atoms with Gasteiger partial charge in [-0.2, -0.15) is 0 Å². The fourth-order valence-corrected chi connectivity index (χ4v) is 5.32. The van der Waals surface area contributed by atoms with Crippen LogP contribution in [-0.2, 0) is 22.7 Å². The molecule has 3 N–H and O–H groups in total. The summed E-state index contributed by atoms with van der Waals surface area (Å²) in [5, 5.41) is 9.77. The molecule has 3 amide bonds. The minimum Gasteiger partial charge on any atom is -0.322 e. The van der Waals surface area contributed by atoms with Crippen molar-refractivity contribution < 1.29 is 14.4 Å². The highest BCUT2D eigenvalue weighted by atomic mass is 16.2. The molecule has 2 saturated heterocycles. The third kappa shape index (κ3) is 3.46. The first-order valence-corrected chi connectivity index (χ1v) is 10.8. The first-order chi connectivity index (χ1) is 14.0. The Bertz CT molecular complexity index is 864. The van der Waals surface area contributed by atoms with Gasteiger partial charge >= 0.3 is 0 Å².